The number of primary amides is 1. The monoisotopic (exact) mass is 539 g/mol. The summed E-state index contributed by atoms with van der Waals surface area (Å²) in [5.74, 6) is -3.40. The largest absolute Gasteiger partial charge is 0.415 e. The van der Waals surface area contributed by atoms with Crippen LogP contribution >= 0.6 is 0 Å². The lowest BCUT2D eigenvalue weighted by Crippen LogP contribution is -2.53. The van der Waals surface area contributed by atoms with Gasteiger partial charge in [0.25, 0.3) is 5.91 Å². The number of benzene rings is 2. The van der Waals surface area contributed by atoms with E-state index in [9.17, 15) is 23.2 Å². The highest BCUT2D eigenvalue weighted by Gasteiger charge is 2.34. The summed E-state index contributed by atoms with van der Waals surface area (Å²) in [6, 6.07) is 7.53. The zero-order valence-corrected chi connectivity index (χ0v) is 21.7. The Morgan fingerprint density at radius 1 is 1.10 bits per heavy atom. The average Bonchev–Trinajstić information content (AvgIpc) is 3.47. The lowest BCUT2D eigenvalue weighted by Gasteiger charge is -2.30. The summed E-state index contributed by atoms with van der Waals surface area (Å²) in [5.41, 5.74) is 5.74. The molecule has 0 aliphatic rings. The summed E-state index contributed by atoms with van der Waals surface area (Å²) < 4.78 is 34.4. The molecule has 0 aliphatic carbocycles. The number of aromatic nitrogens is 4. The van der Waals surface area contributed by atoms with Crippen molar-refractivity contribution in [2.75, 3.05) is 0 Å². The number of nitrogens with two attached hydrogens (primary N) is 1. The van der Waals surface area contributed by atoms with E-state index in [-0.39, 0.29) is 24.7 Å². The molecule has 0 fully saturated rings. The number of carbonyl (C=O) groups excluding carboxylic acids is 3. The maximum atomic E-state index is 14.5. The van der Waals surface area contributed by atoms with E-state index in [1.165, 1.54) is 28.9 Å². The highest BCUT2D eigenvalue weighted by molar-refractivity contribution is 6.06. The Morgan fingerprint density at radius 2 is 1.79 bits per heavy atom. The number of nitrogens with zero attached hydrogens (tertiary/aromatic N) is 4. The Kier molecular flexibility index (Phi) is 7.43. The average molecular weight is 540 g/mol. The molecule has 204 valence electrons. The van der Waals surface area contributed by atoms with Gasteiger partial charge in [-0.3, -0.25) is 19.1 Å². The summed E-state index contributed by atoms with van der Waals surface area (Å²) in [5, 5.41) is 17.3. The van der Waals surface area contributed by atoms with Crippen LogP contribution in [0.2, 0.25) is 0 Å². The lowest BCUT2D eigenvalue weighted by atomic mass is 9.86. The van der Waals surface area contributed by atoms with Crippen LogP contribution in [0.3, 0.4) is 0 Å². The van der Waals surface area contributed by atoms with Crippen LogP contribution in [0.15, 0.2) is 40.8 Å². The van der Waals surface area contributed by atoms with Gasteiger partial charge in [-0.15, -0.1) is 10.2 Å². The molecule has 0 saturated carbocycles. The highest BCUT2D eigenvalue weighted by Crippen LogP contribution is 2.25. The Labute approximate surface area is 221 Å². The first kappa shape index (κ1) is 27.4. The first-order chi connectivity index (χ1) is 18.3. The molecule has 2 aromatic heterocycles. The second-order valence-corrected chi connectivity index (χ2v) is 10.1. The molecule has 3 amide bonds. The van der Waals surface area contributed by atoms with E-state index in [1.54, 1.807) is 39.8 Å². The number of rotatable bonds is 8. The van der Waals surface area contributed by atoms with Gasteiger partial charge in [0.1, 0.15) is 17.7 Å². The molecule has 13 heteroatoms. The van der Waals surface area contributed by atoms with Crippen molar-refractivity contribution in [1.82, 2.24) is 30.6 Å². The van der Waals surface area contributed by atoms with Gasteiger partial charge in [0.2, 0.25) is 11.8 Å². The first-order valence-electron chi connectivity index (χ1n) is 12.0. The van der Waals surface area contributed by atoms with E-state index in [0.717, 1.165) is 0 Å². The number of fused-ring (bicyclic) bond motifs is 1. The van der Waals surface area contributed by atoms with Crippen LogP contribution in [-0.4, -0.2) is 43.7 Å². The Balaban J connectivity index is 1.60. The fraction of sp³-hybridized carbons (Fsp3) is 0.308. The normalized spacial score (nSPS) is 12.4. The topological polar surface area (TPSA) is 158 Å². The van der Waals surface area contributed by atoms with E-state index < -0.39 is 46.7 Å². The van der Waals surface area contributed by atoms with Crippen molar-refractivity contribution in [3.63, 3.8) is 0 Å². The summed E-state index contributed by atoms with van der Waals surface area (Å²) in [7, 11) is 0. The predicted molar refractivity (Wildman–Crippen MR) is 135 cm³/mol. The van der Waals surface area contributed by atoms with Crippen LogP contribution in [0, 0.1) is 24.0 Å². The van der Waals surface area contributed by atoms with E-state index >= 15 is 0 Å². The van der Waals surface area contributed by atoms with Gasteiger partial charge in [0.05, 0.1) is 18.6 Å². The maximum absolute atomic E-state index is 14.5. The molecule has 4 aromatic rings. The number of hydrogen-bond acceptors (Lipinski definition) is 7. The van der Waals surface area contributed by atoms with E-state index in [2.05, 4.69) is 25.9 Å². The fourth-order valence-corrected chi connectivity index (χ4v) is 3.92. The molecule has 1 atom stereocenters. The van der Waals surface area contributed by atoms with Gasteiger partial charge < -0.3 is 20.8 Å². The van der Waals surface area contributed by atoms with Gasteiger partial charge in [-0.25, -0.2) is 8.78 Å². The van der Waals surface area contributed by atoms with Crippen molar-refractivity contribution >= 4 is 28.6 Å². The molecule has 0 unspecified atom stereocenters. The van der Waals surface area contributed by atoms with Gasteiger partial charge in [-0.05, 0) is 41.7 Å². The van der Waals surface area contributed by atoms with E-state index in [1.807, 2.05) is 0 Å². The van der Waals surface area contributed by atoms with Gasteiger partial charge >= 0.3 is 11.8 Å². The number of nitrogens with one attached hydrogen (secondary N) is 2. The molecule has 0 radical (unpaired) electrons. The van der Waals surface area contributed by atoms with Crippen molar-refractivity contribution in [3.8, 4) is 0 Å². The van der Waals surface area contributed by atoms with Gasteiger partial charge in [0.15, 0.2) is 5.69 Å². The third kappa shape index (κ3) is 6.08. The third-order valence-electron chi connectivity index (χ3n) is 5.99. The first-order valence-corrected chi connectivity index (χ1v) is 12.0. The van der Waals surface area contributed by atoms with E-state index in [4.69, 9.17) is 10.2 Å². The summed E-state index contributed by atoms with van der Waals surface area (Å²) >= 11 is 0. The summed E-state index contributed by atoms with van der Waals surface area (Å²) in [6.45, 7) is 6.82. The number of aryl methyl sites for hydroxylation is 1. The van der Waals surface area contributed by atoms with Gasteiger partial charge in [-0.1, -0.05) is 32.9 Å². The van der Waals surface area contributed by atoms with E-state index in [0.29, 0.717) is 22.0 Å². The van der Waals surface area contributed by atoms with Crippen LogP contribution in [-0.2, 0) is 17.9 Å². The standard InChI is InChI=1S/C26H27F2N7O4/c1-13-9-16-18(10-17(13)28)35(12-14-5-7-15(27)8-6-14)34-20(16)23(37)31-21(26(2,3)4)24(38)30-11-19-32-33-25(39-19)22(29)36/h5-10,21H,11-12H2,1-4H3,(H2,29,36)(H,30,38)(H,31,37)/t21-/m1/s1. The van der Waals surface area contributed by atoms with Crippen LogP contribution in [0.4, 0.5) is 8.78 Å². The lowest BCUT2D eigenvalue weighted by molar-refractivity contribution is -0.125. The second kappa shape index (κ2) is 10.6. The molecule has 2 heterocycles. The Morgan fingerprint density at radius 3 is 2.41 bits per heavy atom. The molecule has 2 aromatic carbocycles. The zero-order chi connectivity index (χ0) is 28.5. The zero-order valence-electron chi connectivity index (χ0n) is 21.7. The van der Waals surface area contributed by atoms with Crippen LogP contribution in [0.1, 0.15) is 59.0 Å². The molecule has 11 nitrogen and oxygen atoms in total. The van der Waals surface area contributed by atoms with Crippen molar-refractivity contribution in [1.29, 1.82) is 0 Å². The SMILES string of the molecule is Cc1cc2c(C(=O)N[C@H](C(=O)NCc3nnc(C(N)=O)o3)C(C)(C)C)nn(Cc3ccc(F)cc3)c2cc1F. The smallest absolute Gasteiger partial charge is 0.306 e. The minimum atomic E-state index is -1.03. The Bertz CT molecular complexity index is 1560. The maximum Gasteiger partial charge on any atom is 0.306 e. The summed E-state index contributed by atoms with van der Waals surface area (Å²) in [6.07, 6.45) is 0. The molecule has 0 spiro atoms. The number of amides is 3. The number of halogens is 2. The minimum absolute atomic E-state index is 0.000243. The Hall–Kier alpha value is -4.68. The van der Waals surface area contributed by atoms with Gasteiger partial charge in [0, 0.05) is 11.5 Å². The molecule has 39 heavy (non-hydrogen) atoms. The number of carbonyl (C=O) groups is 3. The van der Waals surface area contributed by atoms with Crippen molar-refractivity contribution in [2.45, 2.75) is 46.8 Å². The van der Waals surface area contributed by atoms with Gasteiger partial charge in [-0.2, -0.15) is 5.10 Å². The minimum Gasteiger partial charge on any atom is -0.415 e. The van der Waals surface area contributed by atoms with Crippen LogP contribution in [0.5, 0.6) is 0 Å². The second-order valence-electron chi connectivity index (χ2n) is 10.1. The molecule has 4 N–H and O–H groups in total. The fourth-order valence-electron chi connectivity index (χ4n) is 3.92. The highest BCUT2D eigenvalue weighted by atomic mass is 19.1. The molecular formula is C26H27F2N7O4. The molecular weight excluding hydrogens is 512 g/mol. The van der Waals surface area contributed by atoms with Crippen molar-refractivity contribution in [3.05, 3.63) is 76.6 Å². The molecule has 4 rings (SSSR count). The third-order valence-corrected chi connectivity index (χ3v) is 5.99. The molecule has 0 saturated heterocycles. The van der Waals surface area contributed by atoms with Crippen LogP contribution < -0.4 is 16.4 Å². The molecule has 0 bridgehead atoms. The predicted octanol–water partition coefficient (Wildman–Crippen LogP) is 2.61. The van der Waals surface area contributed by atoms with Crippen LogP contribution in [0.25, 0.3) is 10.9 Å². The van der Waals surface area contributed by atoms with Crippen molar-refractivity contribution in [2.24, 2.45) is 11.1 Å². The quantitative estimate of drug-likeness (QED) is 0.310. The number of hydrogen-bond donors (Lipinski definition) is 3. The van der Waals surface area contributed by atoms with Crippen molar-refractivity contribution < 1.29 is 27.6 Å². The summed E-state index contributed by atoms with van der Waals surface area (Å²) in [4.78, 5) is 37.7. The molecule has 0 aliphatic heterocycles.